The number of carbonyl (C=O) groups is 1. The number of rotatable bonds is 1. The van der Waals surface area contributed by atoms with Crippen molar-refractivity contribution in [3.8, 4) is 0 Å². The molecule has 0 aliphatic carbocycles. The molecule has 0 spiro atoms. The number of hydrogen-bond donors (Lipinski definition) is 1. The summed E-state index contributed by atoms with van der Waals surface area (Å²) in [5.41, 5.74) is 0.339. The van der Waals surface area contributed by atoms with Crippen LogP contribution in [0.4, 0.5) is 0 Å². The van der Waals surface area contributed by atoms with Gasteiger partial charge in [0.25, 0.3) is 0 Å². The number of aliphatic hydroxyl groups is 1. The summed E-state index contributed by atoms with van der Waals surface area (Å²) in [6, 6.07) is 23.3. The Bertz CT molecular complexity index is 1830. The number of fused-ring (bicyclic) bond motifs is 3. The van der Waals surface area contributed by atoms with E-state index in [-0.39, 0.29) is 37.1 Å². The fourth-order valence-electron chi connectivity index (χ4n) is 4.08. The fraction of sp³-hybridized carbons (Fsp3) is 0.250. The molecule has 1 N–H and O–H groups in total. The Morgan fingerprint density at radius 1 is 0.921 bits per heavy atom. The molecule has 6 aromatic rings. The molecule has 197 valence electrons. The zero-order valence-corrected chi connectivity index (χ0v) is 27.2. The maximum atomic E-state index is 11.5. The maximum absolute atomic E-state index is 11.5. The third kappa shape index (κ3) is 5.52. The molecule has 0 fully saturated rings. The Morgan fingerprint density at radius 3 is 2.34 bits per heavy atom. The third-order valence-corrected chi connectivity index (χ3v) is 9.81. The Hall–Kier alpha value is -2.33. The van der Waals surface area contributed by atoms with E-state index < -0.39 is 5.41 Å². The monoisotopic (exact) mass is 765 g/mol. The van der Waals surface area contributed by atoms with Gasteiger partial charge in [-0.1, -0.05) is 41.5 Å². The predicted molar refractivity (Wildman–Crippen MR) is 160 cm³/mol. The second kappa shape index (κ2) is 10.7. The second-order valence-electron chi connectivity index (χ2n) is 11.4. The Kier molecular flexibility index (Phi) is 8.06. The first-order valence-electron chi connectivity index (χ1n) is 12.3. The van der Waals surface area contributed by atoms with Crippen LogP contribution >= 0.6 is 11.3 Å². The first kappa shape index (κ1) is 28.7. The summed E-state index contributed by atoms with van der Waals surface area (Å²) < 4.78 is 5.54. The molecule has 6 heteroatoms. The van der Waals surface area contributed by atoms with E-state index in [0.717, 1.165) is 16.3 Å². The van der Waals surface area contributed by atoms with Crippen LogP contribution in [0, 0.1) is 16.9 Å². The van der Waals surface area contributed by atoms with Gasteiger partial charge in [0.2, 0.25) is 0 Å². The normalized spacial score (nSPS) is 12.6. The summed E-state index contributed by atoms with van der Waals surface area (Å²) in [4.78, 5) is 16.3. The number of aromatic nitrogens is 1. The van der Waals surface area contributed by atoms with E-state index in [2.05, 4.69) is 60.7 Å². The number of aliphatic hydroxyl groups excluding tert-OH is 1. The van der Waals surface area contributed by atoms with E-state index in [9.17, 15) is 9.90 Å². The summed E-state index contributed by atoms with van der Waals surface area (Å²) in [5, 5.41) is 15.9. The standard InChI is InChI=1S/C21H10NSSe.C11H20O2.Ir/c1-2-5-13-11-16-14(10-12(13)4-1)21-20-18(8-9-22-21)24-17-7-3-6-15(23-16)19(17)20;1-10(2,3)8(12)7-9(13)11(4,5)6;/h1-9,11H;7,12H,1-6H3;/q-1;;/b;8-7-;. The predicted octanol–water partition coefficient (Wildman–Crippen LogP) is 8.85. The van der Waals surface area contributed by atoms with Crippen molar-refractivity contribution in [2.75, 3.05) is 0 Å². The van der Waals surface area contributed by atoms with Crippen LogP contribution in [0.5, 0.6) is 0 Å². The zero-order valence-electron chi connectivity index (χ0n) is 22.3. The molecule has 6 rings (SSSR count). The van der Waals surface area contributed by atoms with Crippen molar-refractivity contribution >= 4 is 82.0 Å². The van der Waals surface area contributed by atoms with E-state index in [1.54, 1.807) is 0 Å². The first-order valence-corrected chi connectivity index (χ1v) is 14.9. The number of hydrogen-bond acceptors (Lipinski definition) is 4. The number of benzene rings is 3. The van der Waals surface area contributed by atoms with E-state index in [1.807, 2.05) is 59.1 Å². The minimum atomic E-state index is -0.417. The van der Waals surface area contributed by atoms with Crippen LogP contribution in [0.3, 0.4) is 0 Å². The molecule has 0 saturated carbocycles. The summed E-state index contributed by atoms with van der Waals surface area (Å²) >= 11 is 2.24. The molecule has 0 aliphatic rings. The van der Waals surface area contributed by atoms with Gasteiger partial charge in [-0.2, -0.15) is 0 Å². The van der Waals surface area contributed by atoms with Gasteiger partial charge in [0.1, 0.15) is 5.76 Å². The molecule has 0 unspecified atom stereocenters. The Labute approximate surface area is 246 Å². The molecule has 1 radical (unpaired) electrons. The van der Waals surface area contributed by atoms with Gasteiger partial charge in [0.15, 0.2) is 5.78 Å². The minimum absolute atomic E-state index is 0. The molecule has 0 bridgehead atoms. The van der Waals surface area contributed by atoms with Crippen molar-refractivity contribution in [3.63, 3.8) is 0 Å². The molecule has 0 saturated heterocycles. The second-order valence-corrected chi connectivity index (χ2v) is 14.7. The van der Waals surface area contributed by atoms with Crippen molar-refractivity contribution in [1.29, 1.82) is 0 Å². The van der Waals surface area contributed by atoms with Crippen molar-refractivity contribution in [3.05, 3.63) is 78.7 Å². The number of nitrogens with zero attached hydrogens (tertiary/aromatic N) is 1. The van der Waals surface area contributed by atoms with Gasteiger partial charge in [-0.25, -0.2) is 0 Å². The van der Waals surface area contributed by atoms with Crippen LogP contribution in [0.1, 0.15) is 41.5 Å². The van der Waals surface area contributed by atoms with Crippen LogP contribution in [0.2, 0.25) is 0 Å². The molecular formula is C32H30IrNO2SSe-. The topological polar surface area (TPSA) is 50.2 Å². The van der Waals surface area contributed by atoms with E-state index in [4.69, 9.17) is 4.98 Å². The van der Waals surface area contributed by atoms with Crippen molar-refractivity contribution in [2.24, 2.45) is 10.8 Å². The molecular weight excluding hydrogens is 734 g/mol. The SMILES string of the molecule is CC(C)(C)C(=O)/C=C(\O)C(C)(C)C.[Ir].[c-]1c2ccccc2cc2sc3cccc4[se]c5ccnc(c12)c5c34. The molecule has 3 aromatic heterocycles. The van der Waals surface area contributed by atoms with Crippen LogP contribution < -0.4 is 0 Å². The van der Waals surface area contributed by atoms with Crippen LogP contribution in [-0.2, 0) is 24.9 Å². The van der Waals surface area contributed by atoms with Crippen molar-refractivity contribution < 1.29 is 30.0 Å². The molecule has 0 amide bonds. The molecule has 0 atom stereocenters. The zero-order chi connectivity index (χ0) is 26.5. The average molecular weight is 764 g/mol. The average Bonchev–Trinajstić information content (AvgIpc) is 3.16. The van der Waals surface area contributed by atoms with E-state index in [1.165, 1.54) is 40.2 Å². The fourth-order valence-corrected chi connectivity index (χ4v) is 7.73. The summed E-state index contributed by atoms with van der Waals surface area (Å²) in [6.07, 6.45) is 3.30. The van der Waals surface area contributed by atoms with Gasteiger partial charge in [0.05, 0.1) is 0 Å². The number of carbonyl (C=O) groups excluding carboxylic acids is 1. The van der Waals surface area contributed by atoms with Gasteiger partial charge in [-0.15, -0.1) is 0 Å². The number of allylic oxidation sites excluding steroid dienone is 2. The summed E-state index contributed by atoms with van der Waals surface area (Å²) in [6.45, 7) is 11.1. The van der Waals surface area contributed by atoms with Gasteiger partial charge >= 0.3 is 148 Å². The first-order chi connectivity index (χ1) is 17.4. The van der Waals surface area contributed by atoms with Gasteiger partial charge in [-0.3, -0.25) is 4.79 Å². The quantitative estimate of drug-likeness (QED) is 0.0789. The Balaban J connectivity index is 0.000000209. The number of ketones is 1. The van der Waals surface area contributed by atoms with E-state index >= 15 is 0 Å². The molecule has 3 heterocycles. The molecule has 3 nitrogen and oxygen atoms in total. The van der Waals surface area contributed by atoms with Gasteiger partial charge in [0, 0.05) is 37.0 Å². The van der Waals surface area contributed by atoms with Crippen LogP contribution in [-0.4, -0.2) is 30.4 Å². The van der Waals surface area contributed by atoms with Crippen molar-refractivity contribution in [1.82, 2.24) is 4.98 Å². The summed E-state index contributed by atoms with van der Waals surface area (Å²) in [7, 11) is 0. The van der Waals surface area contributed by atoms with Crippen molar-refractivity contribution in [2.45, 2.75) is 41.5 Å². The molecule has 3 aromatic carbocycles. The number of pyridine rings is 1. The third-order valence-electron chi connectivity index (χ3n) is 6.36. The van der Waals surface area contributed by atoms with E-state index in [0.29, 0.717) is 14.5 Å². The molecule has 0 aliphatic heterocycles. The summed E-state index contributed by atoms with van der Waals surface area (Å²) in [5.74, 6) is 0.104. The van der Waals surface area contributed by atoms with Gasteiger partial charge in [-0.05, 0) is 0 Å². The van der Waals surface area contributed by atoms with Gasteiger partial charge < -0.3 is 5.11 Å². The van der Waals surface area contributed by atoms with Crippen LogP contribution in [0.15, 0.2) is 72.6 Å². The Morgan fingerprint density at radius 2 is 1.63 bits per heavy atom. The van der Waals surface area contributed by atoms with Crippen LogP contribution in [0.25, 0.3) is 50.4 Å². The molecule has 38 heavy (non-hydrogen) atoms.